The standard InChI is InChI=1S/C8H7N5/c9-8-6-7(3-5-11-8)2-1-4-12-13-10/h3,5-6H,4H2,(H2,9,11). The molecule has 0 radical (unpaired) electrons. The molecule has 0 spiro atoms. The molecule has 13 heavy (non-hydrogen) atoms. The van der Waals surface area contributed by atoms with Gasteiger partial charge in [-0.15, -0.1) is 0 Å². The molecule has 5 nitrogen and oxygen atoms in total. The molecular weight excluding hydrogens is 166 g/mol. The van der Waals surface area contributed by atoms with Gasteiger partial charge in [0.05, 0.1) is 6.54 Å². The van der Waals surface area contributed by atoms with E-state index >= 15 is 0 Å². The van der Waals surface area contributed by atoms with Gasteiger partial charge in [-0.1, -0.05) is 17.0 Å². The molecule has 1 aromatic rings. The van der Waals surface area contributed by atoms with E-state index in [1.165, 1.54) is 0 Å². The van der Waals surface area contributed by atoms with Crippen molar-refractivity contribution < 1.29 is 0 Å². The molecule has 2 N–H and O–H groups in total. The Morgan fingerprint density at radius 3 is 3.23 bits per heavy atom. The van der Waals surface area contributed by atoms with Crippen molar-refractivity contribution in [3.63, 3.8) is 0 Å². The average molecular weight is 173 g/mol. The third kappa shape index (κ3) is 3.14. The zero-order valence-electron chi connectivity index (χ0n) is 6.81. The van der Waals surface area contributed by atoms with Gasteiger partial charge in [-0.3, -0.25) is 0 Å². The fourth-order valence-corrected chi connectivity index (χ4v) is 0.735. The Morgan fingerprint density at radius 2 is 2.54 bits per heavy atom. The number of azide groups is 1. The Kier molecular flexibility index (Phi) is 3.19. The van der Waals surface area contributed by atoms with Gasteiger partial charge in [0.25, 0.3) is 0 Å². The second kappa shape index (κ2) is 4.65. The van der Waals surface area contributed by atoms with E-state index in [-0.39, 0.29) is 6.54 Å². The Balaban J connectivity index is 2.71. The summed E-state index contributed by atoms with van der Waals surface area (Å²) >= 11 is 0. The molecule has 1 rings (SSSR count). The van der Waals surface area contributed by atoms with Crippen LogP contribution in [0.3, 0.4) is 0 Å². The quantitative estimate of drug-likeness (QED) is 0.300. The number of nitrogens with zero attached hydrogens (tertiary/aromatic N) is 4. The van der Waals surface area contributed by atoms with Crippen LogP contribution >= 0.6 is 0 Å². The molecular formula is C8H7N5. The lowest BCUT2D eigenvalue weighted by Gasteiger charge is -1.90. The van der Waals surface area contributed by atoms with Crippen LogP contribution in [0.2, 0.25) is 0 Å². The van der Waals surface area contributed by atoms with Crippen molar-refractivity contribution in [1.82, 2.24) is 4.98 Å². The Labute approximate surface area is 75.2 Å². The van der Waals surface area contributed by atoms with Gasteiger partial charge in [0.1, 0.15) is 5.82 Å². The summed E-state index contributed by atoms with van der Waals surface area (Å²) in [6.45, 7) is 0.165. The van der Waals surface area contributed by atoms with Crippen molar-refractivity contribution in [3.05, 3.63) is 34.3 Å². The lowest BCUT2D eigenvalue weighted by molar-refractivity contribution is 1.25. The van der Waals surface area contributed by atoms with E-state index in [1.54, 1.807) is 18.3 Å². The molecule has 5 heteroatoms. The summed E-state index contributed by atoms with van der Waals surface area (Å²) in [5.41, 5.74) is 14.2. The monoisotopic (exact) mass is 173 g/mol. The van der Waals surface area contributed by atoms with E-state index in [0.29, 0.717) is 5.82 Å². The van der Waals surface area contributed by atoms with Crippen LogP contribution in [0.1, 0.15) is 5.56 Å². The van der Waals surface area contributed by atoms with Crippen LogP contribution in [0.25, 0.3) is 10.4 Å². The van der Waals surface area contributed by atoms with Crippen molar-refractivity contribution in [1.29, 1.82) is 0 Å². The van der Waals surface area contributed by atoms with Gasteiger partial charge in [-0.2, -0.15) is 0 Å². The highest BCUT2D eigenvalue weighted by Crippen LogP contribution is 1.99. The third-order valence-electron chi connectivity index (χ3n) is 1.23. The first-order valence-corrected chi connectivity index (χ1v) is 3.54. The van der Waals surface area contributed by atoms with Crippen LogP contribution in [-0.2, 0) is 0 Å². The normalized spacial score (nSPS) is 8.00. The van der Waals surface area contributed by atoms with E-state index in [1.807, 2.05) is 0 Å². The summed E-state index contributed by atoms with van der Waals surface area (Å²) in [5.74, 6) is 5.89. The van der Waals surface area contributed by atoms with E-state index in [4.69, 9.17) is 11.3 Å². The largest absolute Gasteiger partial charge is 0.384 e. The van der Waals surface area contributed by atoms with Gasteiger partial charge in [0, 0.05) is 16.7 Å². The summed E-state index contributed by atoms with van der Waals surface area (Å²) in [7, 11) is 0. The molecule has 0 aliphatic carbocycles. The SMILES string of the molecule is [N-]=[N+]=NCC#Cc1ccnc(N)c1. The van der Waals surface area contributed by atoms with Crippen molar-refractivity contribution in [2.75, 3.05) is 12.3 Å². The fourth-order valence-electron chi connectivity index (χ4n) is 0.735. The van der Waals surface area contributed by atoms with Crippen molar-refractivity contribution in [2.24, 2.45) is 5.11 Å². The van der Waals surface area contributed by atoms with Crippen molar-refractivity contribution in [2.45, 2.75) is 0 Å². The summed E-state index contributed by atoms with van der Waals surface area (Å²) in [6, 6.07) is 3.39. The highest BCUT2D eigenvalue weighted by Gasteiger charge is 1.87. The summed E-state index contributed by atoms with van der Waals surface area (Å²) in [4.78, 5) is 6.38. The second-order valence-electron chi connectivity index (χ2n) is 2.16. The van der Waals surface area contributed by atoms with Gasteiger partial charge in [0.15, 0.2) is 0 Å². The van der Waals surface area contributed by atoms with Gasteiger partial charge in [-0.05, 0) is 17.7 Å². The van der Waals surface area contributed by atoms with Crippen LogP contribution < -0.4 is 5.73 Å². The second-order valence-corrected chi connectivity index (χ2v) is 2.16. The number of hydrogen-bond acceptors (Lipinski definition) is 3. The first kappa shape index (κ1) is 8.91. The van der Waals surface area contributed by atoms with E-state index in [0.717, 1.165) is 5.56 Å². The van der Waals surface area contributed by atoms with Gasteiger partial charge >= 0.3 is 0 Å². The molecule has 0 fully saturated rings. The molecule has 0 aliphatic rings. The van der Waals surface area contributed by atoms with Crippen LogP contribution in [0.15, 0.2) is 23.4 Å². The smallest absolute Gasteiger partial charge is 0.124 e. The predicted molar refractivity (Wildman–Crippen MR) is 49.5 cm³/mol. The molecule has 1 heterocycles. The number of aromatic nitrogens is 1. The molecule has 0 amide bonds. The minimum atomic E-state index is 0.165. The number of nitrogen functional groups attached to an aromatic ring is 1. The average Bonchev–Trinajstić information content (AvgIpc) is 2.13. The Morgan fingerprint density at radius 1 is 1.69 bits per heavy atom. The van der Waals surface area contributed by atoms with Crippen LogP contribution in [0.4, 0.5) is 5.82 Å². The molecule has 0 saturated carbocycles. The maximum Gasteiger partial charge on any atom is 0.124 e. The molecule has 0 aliphatic heterocycles. The van der Waals surface area contributed by atoms with Crippen LogP contribution in [0, 0.1) is 11.8 Å². The summed E-state index contributed by atoms with van der Waals surface area (Å²) in [5, 5.41) is 3.27. The Bertz CT molecular complexity index is 394. The highest BCUT2D eigenvalue weighted by atomic mass is 15.1. The molecule has 0 aromatic carbocycles. The van der Waals surface area contributed by atoms with E-state index in [9.17, 15) is 0 Å². The minimum Gasteiger partial charge on any atom is -0.384 e. The van der Waals surface area contributed by atoms with Gasteiger partial charge < -0.3 is 5.73 Å². The molecule has 64 valence electrons. The predicted octanol–water partition coefficient (Wildman–Crippen LogP) is 1.33. The molecule has 0 unspecified atom stereocenters. The van der Waals surface area contributed by atoms with Crippen LogP contribution in [0.5, 0.6) is 0 Å². The number of rotatable bonds is 1. The summed E-state index contributed by atoms with van der Waals surface area (Å²) < 4.78 is 0. The zero-order chi connectivity index (χ0) is 9.52. The number of pyridine rings is 1. The molecule has 1 aromatic heterocycles. The molecule has 0 atom stereocenters. The third-order valence-corrected chi connectivity index (χ3v) is 1.23. The highest BCUT2D eigenvalue weighted by molar-refractivity contribution is 5.41. The topological polar surface area (TPSA) is 87.7 Å². The van der Waals surface area contributed by atoms with Gasteiger partial charge in [0.2, 0.25) is 0 Å². The van der Waals surface area contributed by atoms with Crippen LogP contribution in [-0.4, -0.2) is 11.5 Å². The zero-order valence-corrected chi connectivity index (χ0v) is 6.81. The summed E-state index contributed by atoms with van der Waals surface area (Å²) in [6.07, 6.45) is 1.58. The van der Waals surface area contributed by atoms with Crippen molar-refractivity contribution in [3.8, 4) is 11.8 Å². The lowest BCUT2D eigenvalue weighted by atomic mass is 10.2. The first-order valence-electron chi connectivity index (χ1n) is 3.54. The van der Waals surface area contributed by atoms with E-state index < -0.39 is 0 Å². The maximum absolute atomic E-state index is 7.97. The molecule has 0 saturated heterocycles. The fraction of sp³-hybridized carbons (Fsp3) is 0.125. The minimum absolute atomic E-state index is 0.165. The lowest BCUT2D eigenvalue weighted by Crippen LogP contribution is -1.89. The maximum atomic E-state index is 7.97. The first-order chi connectivity index (χ1) is 6.33. The number of anilines is 1. The number of hydrogen-bond donors (Lipinski definition) is 1. The molecule has 0 bridgehead atoms. The van der Waals surface area contributed by atoms with Crippen molar-refractivity contribution >= 4 is 5.82 Å². The Hall–Kier alpha value is -2.18. The van der Waals surface area contributed by atoms with E-state index in [2.05, 4.69) is 26.9 Å². The van der Waals surface area contributed by atoms with Gasteiger partial charge in [-0.25, -0.2) is 4.98 Å². The number of nitrogens with two attached hydrogens (primary N) is 1.